The van der Waals surface area contributed by atoms with Gasteiger partial charge in [-0.05, 0) is 17.7 Å². The standard InChI is InChI=1S/C13H17N3O2/c1-15-5-6-16(9-13(15)18)12(17)8-10-3-2-4-11(14)7-10/h2-4,7H,5-6,8-9,14H2,1H3. The number of nitrogens with two attached hydrogens (primary N) is 1. The minimum absolute atomic E-state index is 0.0119. The monoisotopic (exact) mass is 247 g/mol. The smallest absolute Gasteiger partial charge is 0.241 e. The summed E-state index contributed by atoms with van der Waals surface area (Å²) in [5.74, 6) is -0.0378. The number of amides is 2. The van der Waals surface area contributed by atoms with Crippen LogP contribution in [-0.4, -0.2) is 48.3 Å². The average Bonchev–Trinajstić information content (AvgIpc) is 2.32. The van der Waals surface area contributed by atoms with Crippen molar-refractivity contribution >= 4 is 17.5 Å². The Bertz CT molecular complexity index is 473. The second-order valence-corrected chi connectivity index (χ2v) is 4.55. The summed E-state index contributed by atoms with van der Waals surface area (Å²) in [6, 6.07) is 7.27. The number of nitrogens with zero attached hydrogens (tertiary/aromatic N) is 2. The molecule has 0 atom stereocenters. The molecule has 1 aromatic carbocycles. The highest BCUT2D eigenvalue weighted by molar-refractivity contribution is 5.86. The third kappa shape index (κ3) is 2.80. The minimum atomic E-state index is -0.0259. The molecule has 0 aromatic heterocycles. The van der Waals surface area contributed by atoms with Crippen LogP contribution in [0.1, 0.15) is 5.56 Å². The minimum Gasteiger partial charge on any atom is -0.399 e. The normalized spacial score (nSPS) is 15.9. The van der Waals surface area contributed by atoms with Crippen molar-refractivity contribution in [3.05, 3.63) is 29.8 Å². The molecule has 96 valence electrons. The van der Waals surface area contributed by atoms with E-state index >= 15 is 0 Å². The van der Waals surface area contributed by atoms with Crippen molar-refractivity contribution in [2.45, 2.75) is 6.42 Å². The molecule has 2 rings (SSSR count). The van der Waals surface area contributed by atoms with E-state index in [1.807, 2.05) is 12.1 Å². The fraction of sp³-hybridized carbons (Fsp3) is 0.385. The number of carbonyl (C=O) groups excluding carboxylic acids is 2. The first-order chi connectivity index (χ1) is 8.56. The molecule has 0 radical (unpaired) electrons. The Kier molecular flexibility index (Phi) is 3.50. The molecule has 0 bridgehead atoms. The summed E-state index contributed by atoms with van der Waals surface area (Å²) in [6.45, 7) is 1.38. The van der Waals surface area contributed by atoms with E-state index in [4.69, 9.17) is 5.73 Å². The van der Waals surface area contributed by atoms with Crippen LogP contribution in [0.5, 0.6) is 0 Å². The Labute approximate surface area is 106 Å². The Hall–Kier alpha value is -2.04. The lowest BCUT2D eigenvalue weighted by atomic mass is 10.1. The topological polar surface area (TPSA) is 66.6 Å². The molecule has 1 aliphatic rings. The highest BCUT2D eigenvalue weighted by atomic mass is 16.2. The van der Waals surface area contributed by atoms with Crippen molar-refractivity contribution in [1.29, 1.82) is 0 Å². The molecule has 1 saturated heterocycles. The molecule has 0 spiro atoms. The lowest BCUT2D eigenvalue weighted by Crippen LogP contribution is -2.51. The van der Waals surface area contributed by atoms with Gasteiger partial charge in [0.25, 0.3) is 0 Å². The summed E-state index contributed by atoms with van der Waals surface area (Å²) in [5, 5.41) is 0. The third-order valence-electron chi connectivity index (χ3n) is 3.12. The van der Waals surface area contributed by atoms with Gasteiger partial charge in [0.05, 0.1) is 13.0 Å². The summed E-state index contributed by atoms with van der Waals surface area (Å²) in [7, 11) is 1.75. The van der Waals surface area contributed by atoms with Gasteiger partial charge in [-0.15, -0.1) is 0 Å². The van der Waals surface area contributed by atoms with Crippen molar-refractivity contribution in [2.75, 3.05) is 32.4 Å². The van der Waals surface area contributed by atoms with Crippen LogP contribution in [0.4, 0.5) is 5.69 Å². The van der Waals surface area contributed by atoms with E-state index in [-0.39, 0.29) is 18.4 Å². The van der Waals surface area contributed by atoms with Gasteiger partial charge in [0, 0.05) is 25.8 Å². The predicted octanol–water partition coefficient (Wildman–Crippen LogP) is 0.112. The SMILES string of the molecule is CN1CCN(C(=O)Cc2cccc(N)c2)CC1=O. The van der Waals surface area contributed by atoms with Gasteiger partial charge in [-0.3, -0.25) is 9.59 Å². The molecular formula is C13H17N3O2. The molecule has 18 heavy (non-hydrogen) atoms. The Morgan fingerprint density at radius 1 is 1.39 bits per heavy atom. The summed E-state index contributed by atoms with van der Waals surface area (Å²) >= 11 is 0. The maximum absolute atomic E-state index is 12.0. The number of nitrogen functional groups attached to an aromatic ring is 1. The highest BCUT2D eigenvalue weighted by Gasteiger charge is 2.24. The number of anilines is 1. The van der Waals surface area contributed by atoms with E-state index in [0.717, 1.165) is 5.56 Å². The third-order valence-corrected chi connectivity index (χ3v) is 3.12. The van der Waals surface area contributed by atoms with Crippen LogP contribution in [0.3, 0.4) is 0 Å². The lowest BCUT2D eigenvalue weighted by molar-refractivity contribution is -0.143. The molecule has 1 fully saturated rings. The first kappa shape index (κ1) is 12.4. The molecule has 5 nitrogen and oxygen atoms in total. The Morgan fingerprint density at radius 2 is 2.17 bits per heavy atom. The fourth-order valence-electron chi connectivity index (χ4n) is 1.96. The van der Waals surface area contributed by atoms with E-state index < -0.39 is 0 Å². The van der Waals surface area contributed by atoms with Crippen LogP contribution in [-0.2, 0) is 16.0 Å². The zero-order valence-electron chi connectivity index (χ0n) is 10.4. The van der Waals surface area contributed by atoms with Crippen LogP contribution in [0.15, 0.2) is 24.3 Å². The maximum Gasteiger partial charge on any atom is 0.241 e. The van der Waals surface area contributed by atoms with Gasteiger partial charge in [0.15, 0.2) is 0 Å². The molecule has 1 aliphatic heterocycles. The quantitative estimate of drug-likeness (QED) is 0.754. The summed E-state index contributed by atoms with van der Waals surface area (Å²) in [4.78, 5) is 26.8. The van der Waals surface area contributed by atoms with Crippen molar-refractivity contribution in [3.8, 4) is 0 Å². The van der Waals surface area contributed by atoms with Crippen molar-refractivity contribution in [2.24, 2.45) is 0 Å². The maximum atomic E-state index is 12.0. The van der Waals surface area contributed by atoms with Gasteiger partial charge in [-0.2, -0.15) is 0 Å². The predicted molar refractivity (Wildman–Crippen MR) is 68.8 cm³/mol. The van der Waals surface area contributed by atoms with Crippen LogP contribution < -0.4 is 5.73 Å². The zero-order chi connectivity index (χ0) is 13.1. The van der Waals surface area contributed by atoms with Crippen molar-refractivity contribution in [3.63, 3.8) is 0 Å². The molecular weight excluding hydrogens is 230 g/mol. The summed E-state index contributed by atoms with van der Waals surface area (Å²) in [5.41, 5.74) is 7.20. The van der Waals surface area contributed by atoms with Crippen LogP contribution in [0.2, 0.25) is 0 Å². The number of hydrogen-bond acceptors (Lipinski definition) is 3. The Morgan fingerprint density at radius 3 is 2.83 bits per heavy atom. The van der Waals surface area contributed by atoms with Gasteiger partial charge < -0.3 is 15.5 Å². The summed E-state index contributed by atoms with van der Waals surface area (Å²) in [6.07, 6.45) is 0.294. The molecule has 0 aliphatic carbocycles. The van der Waals surface area contributed by atoms with Gasteiger partial charge in [0.1, 0.15) is 0 Å². The van der Waals surface area contributed by atoms with Gasteiger partial charge in [-0.1, -0.05) is 12.1 Å². The highest BCUT2D eigenvalue weighted by Crippen LogP contribution is 2.10. The van der Waals surface area contributed by atoms with E-state index in [2.05, 4.69) is 0 Å². The largest absolute Gasteiger partial charge is 0.399 e. The first-order valence-corrected chi connectivity index (χ1v) is 5.92. The van der Waals surface area contributed by atoms with E-state index in [1.165, 1.54) is 0 Å². The van der Waals surface area contributed by atoms with Crippen molar-refractivity contribution in [1.82, 2.24) is 9.80 Å². The van der Waals surface area contributed by atoms with Crippen molar-refractivity contribution < 1.29 is 9.59 Å². The number of piperazine rings is 1. The number of rotatable bonds is 2. The van der Waals surface area contributed by atoms with Crippen LogP contribution >= 0.6 is 0 Å². The van der Waals surface area contributed by atoms with Gasteiger partial charge in [-0.25, -0.2) is 0 Å². The molecule has 2 amide bonds. The number of hydrogen-bond donors (Lipinski definition) is 1. The number of likely N-dealkylation sites (N-methyl/N-ethyl adjacent to an activating group) is 1. The average molecular weight is 247 g/mol. The van der Waals surface area contributed by atoms with E-state index in [1.54, 1.807) is 29.0 Å². The molecule has 1 heterocycles. The molecule has 5 heteroatoms. The lowest BCUT2D eigenvalue weighted by Gasteiger charge is -2.32. The number of benzene rings is 1. The van der Waals surface area contributed by atoms with E-state index in [0.29, 0.717) is 25.2 Å². The first-order valence-electron chi connectivity index (χ1n) is 5.92. The van der Waals surface area contributed by atoms with Gasteiger partial charge >= 0.3 is 0 Å². The molecule has 0 saturated carbocycles. The Balaban J connectivity index is 1.98. The molecule has 2 N–H and O–H groups in total. The second kappa shape index (κ2) is 5.08. The molecule has 1 aromatic rings. The molecule has 0 unspecified atom stereocenters. The second-order valence-electron chi connectivity index (χ2n) is 4.55. The van der Waals surface area contributed by atoms with E-state index in [9.17, 15) is 9.59 Å². The zero-order valence-corrected chi connectivity index (χ0v) is 10.4. The van der Waals surface area contributed by atoms with Gasteiger partial charge in [0.2, 0.25) is 11.8 Å². The van der Waals surface area contributed by atoms with Crippen LogP contribution in [0, 0.1) is 0 Å². The summed E-state index contributed by atoms with van der Waals surface area (Å²) < 4.78 is 0. The fourth-order valence-corrected chi connectivity index (χ4v) is 1.96. The van der Waals surface area contributed by atoms with Crippen LogP contribution in [0.25, 0.3) is 0 Å². The number of carbonyl (C=O) groups is 2.